The number of carbonyl (C=O) groups is 1. The molecule has 0 fully saturated rings. The van der Waals surface area contributed by atoms with Crippen molar-refractivity contribution in [1.29, 1.82) is 0 Å². The van der Waals surface area contributed by atoms with Gasteiger partial charge < -0.3 is 9.47 Å². The van der Waals surface area contributed by atoms with Crippen molar-refractivity contribution < 1.29 is 14.3 Å². The van der Waals surface area contributed by atoms with Crippen LogP contribution in [0, 0.1) is 0 Å². The standard InChI is InChI=1S/C16H14N2O3/c19-16(18-17-10-12-6-2-1-3-7-12)15-11-20-13-8-4-5-9-14(13)21-15/h1-10,15H,11H2,(H,18,19). The maximum absolute atomic E-state index is 12.0. The van der Waals surface area contributed by atoms with Crippen molar-refractivity contribution in [2.24, 2.45) is 5.10 Å². The highest BCUT2D eigenvalue weighted by Gasteiger charge is 2.26. The first-order chi connectivity index (χ1) is 10.3. The zero-order valence-electron chi connectivity index (χ0n) is 11.2. The van der Waals surface area contributed by atoms with Crippen LogP contribution in [-0.4, -0.2) is 24.8 Å². The molecule has 3 rings (SSSR count). The van der Waals surface area contributed by atoms with E-state index in [1.807, 2.05) is 42.5 Å². The van der Waals surface area contributed by atoms with E-state index in [9.17, 15) is 4.79 Å². The third kappa shape index (κ3) is 3.20. The minimum absolute atomic E-state index is 0.170. The van der Waals surface area contributed by atoms with Gasteiger partial charge in [0.25, 0.3) is 5.91 Å². The van der Waals surface area contributed by atoms with E-state index >= 15 is 0 Å². The number of rotatable bonds is 3. The van der Waals surface area contributed by atoms with Crippen LogP contribution in [0.25, 0.3) is 0 Å². The molecule has 2 aromatic rings. The molecule has 1 aliphatic rings. The normalized spacial score (nSPS) is 16.7. The molecule has 0 aromatic heterocycles. The van der Waals surface area contributed by atoms with Crippen molar-refractivity contribution in [3.63, 3.8) is 0 Å². The average Bonchev–Trinajstić information content (AvgIpc) is 2.55. The van der Waals surface area contributed by atoms with Crippen LogP contribution in [-0.2, 0) is 4.79 Å². The minimum atomic E-state index is -0.701. The van der Waals surface area contributed by atoms with Crippen molar-refractivity contribution in [1.82, 2.24) is 5.43 Å². The first kappa shape index (κ1) is 13.2. The lowest BCUT2D eigenvalue weighted by atomic mass is 10.2. The number of ether oxygens (including phenoxy) is 2. The van der Waals surface area contributed by atoms with Gasteiger partial charge >= 0.3 is 0 Å². The first-order valence-corrected chi connectivity index (χ1v) is 6.59. The van der Waals surface area contributed by atoms with Crippen LogP contribution in [0.3, 0.4) is 0 Å². The Morgan fingerprint density at radius 2 is 1.81 bits per heavy atom. The summed E-state index contributed by atoms with van der Waals surface area (Å²) in [5, 5.41) is 3.91. The minimum Gasteiger partial charge on any atom is -0.485 e. The molecule has 0 bridgehead atoms. The van der Waals surface area contributed by atoms with Gasteiger partial charge in [-0.1, -0.05) is 42.5 Å². The monoisotopic (exact) mass is 282 g/mol. The lowest BCUT2D eigenvalue weighted by Gasteiger charge is -2.24. The number of carbonyl (C=O) groups excluding carboxylic acids is 1. The van der Waals surface area contributed by atoms with Crippen LogP contribution in [0.15, 0.2) is 59.7 Å². The maximum atomic E-state index is 12.0. The van der Waals surface area contributed by atoms with Crippen molar-refractivity contribution in [3.05, 3.63) is 60.2 Å². The zero-order chi connectivity index (χ0) is 14.5. The summed E-state index contributed by atoms with van der Waals surface area (Å²) >= 11 is 0. The SMILES string of the molecule is O=C(NN=Cc1ccccc1)C1COc2ccccc2O1. The predicted molar refractivity (Wildman–Crippen MR) is 78.5 cm³/mol. The smallest absolute Gasteiger partial charge is 0.284 e. The van der Waals surface area contributed by atoms with Crippen molar-refractivity contribution in [2.75, 3.05) is 6.61 Å². The Kier molecular flexibility index (Phi) is 3.82. The van der Waals surface area contributed by atoms with Crippen molar-refractivity contribution >= 4 is 12.1 Å². The average molecular weight is 282 g/mol. The number of nitrogens with one attached hydrogen (secondary N) is 1. The van der Waals surface area contributed by atoms with Crippen LogP contribution in [0.1, 0.15) is 5.56 Å². The van der Waals surface area contributed by atoms with E-state index in [1.54, 1.807) is 18.3 Å². The third-order valence-electron chi connectivity index (χ3n) is 2.99. The molecule has 1 heterocycles. The molecular weight excluding hydrogens is 268 g/mol. The van der Waals surface area contributed by atoms with E-state index < -0.39 is 6.10 Å². The first-order valence-electron chi connectivity index (χ1n) is 6.59. The molecule has 106 valence electrons. The van der Waals surface area contributed by atoms with Crippen LogP contribution in [0.2, 0.25) is 0 Å². The van der Waals surface area contributed by atoms with Gasteiger partial charge in [-0.2, -0.15) is 5.10 Å². The Morgan fingerprint density at radius 1 is 1.10 bits per heavy atom. The van der Waals surface area contributed by atoms with Gasteiger partial charge in [0, 0.05) is 0 Å². The van der Waals surface area contributed by atoms with E-state index in [0.717, 1.165) is 5.56 Å². The number of hydrogen-bond donors (Lipinski definition) is 1. The Balaban J connectivity index is 1.59. The molecule has 1 aliphatic heterocycles. The molecule has 1 N–H and O–H groups in total. The second kappa shape index (κ2) is 6.09. The summed E-state index contributed by atoms with van der Waals surface area (Å²) in [5.41, 5.74) is 3.36. The summed E-state index contributed by atoms with van der Waals surface area (Å²) in [6.45, 7) is 0.170. The second-order valence-corrected chi connectivity index (χ2v) is 4.51. The summed E-state index contributed by atoms with van der Waals surface area (Å²) in [4.78, 5) is 12.0. The van der Waals surface area contributed by atoms with E-state index in [-0.39, 0.29) is 12.5 Å². The lowest BCUT2D eigenvalue weighted by molar-refractivity contribution is -0.130. The molecule has 1 unspecified atom stereocenters. The number of hydrogen-bond acceptors (Lipinski definition) is 4. The Morgan fingerprint density at radius 3 is 2.62 bits per heavy atom. The summed E-state index contributed by atoms with van der Waals surface area (Å²) in [7, 11) is 0. The molecule has 0 spiro atoms. The quantitative estimate of drug-likeness (QED) is 0.691. The molecule has 5 nitrogen and oxygen atoms in total. The van der Waals surface area contributed by atoms with Gasteiger partial charge in [0.1, 0.15) is 6.61 Å². The molecule has 2 aromatic carbocycles. The van der Waals surface area contributed by atoms with E-state index in [0.29, 0.717) is 11.5 Å². The van der Waals surface area contributed by atoms with Gasteiger partial charge in [0.2, 0.25) is 6.10 Å². The highest BCUT2D eigenvalue weighted by atomic mass is 16.6. The fourth-order valence-corrected chi connectivity index (χ4v) is 1.93. The molecule has 1 amide bonds. The molecule has 0 radical (unpaired) electrons. The highest BCUT2D eigenvalue weighted by molar-refractivity contribution is 5.84. The fraction of sp³-hybridized carbons (Fsp3) is 0.125. The molecule has 5 heteroatoms. The Bertz CT molecular complexity index is 656. The number of nitrogens with zero attached hydrogens (tertiary/aromatic N) is 1. The van der Waals surface area contributed by atoms with Gasteiger partial charge in [-0.3, -0.25) is 4.79 Å². The third-order valence-corrected chi connectivity index (χ3v) is 2.99. The number of fused-ring (bicyclic) bond motifs is 1. The number of hydrazone groups is 1. The van der Waals surface area contributed by atoms with E-state index in [4.69, 9.17) is 9.47 Å². The summed E-state index contributed by atoms with van der Waals surface area (Å²) in [5.74, 6) is 0.877. The zero-order valence-corrected chi connectivity index (χ0v) is 11.2. The summed E-state index contributed by atoms with van der Waals surface area (Å²) in [6, 6.07) is 16.8. The van der Waals surface area contributed by atoms with E-state index in [2.05, 4.69) is 10.5 Å². The van der Waals surface area contributed by atoms with Crippen molar-refractivity contribution in [2.45, 2.75) is 6.10 Å². The molecule has 0 aliphatic carbocycles. The van der Waals surface area contributed by atoms with Crippen molar-refractivity contribution in [3.8, 4) is 11.5 Å². The second-order valence-electron chi connectivity index (χ2n) is 4.51. The van der Waals surface area contributed by atoms with Gasteiger partial charge in [-0.05, 0) is 17.7 Å². The van der Waals surface area contributed by atoms with E-state index in [1.165, 1.54) is 0 Å². The van der Waals surface area contributed by atoms with Crippen LogP contribution < -0.4 is 14.9 Å². The van der Waals surface area contributed by atoms with Gasteiger partial charge in [0.15, 0.2) is 11.5 Å². The van der Waals surface area contributed by atoms with Gasteiger partial charge in [-0.15, -0.1) is 0 Å². The van der Waals surface area contributed by atoms with Gasteiger partial charge in [0.05, 0.1) is 6.21 Å². The Hall–Kier alpha value is -2.82. The number of para-hydroxylation sites is 2. The number of amides is 1. The molecule has 0 saturated heterocycles. The van der Waals surface area contributed by atoms with Gasteiger partial charge in [-0.25, -0.2) is 5.43 Å². The lowest BCUT2D eigenvalue weighted by Crippen LogP contribution is -2.42. The molecule has 1 atom stereocenters. The summed E-state index contributed by atoms with van der Waals surface area (Å²) in [6.07, 6.45) is 0.878. The van der Waals surface area contributed by atoms with Crippen LogP contribution >= 0.6 is 0 Å². The Labute approximate surface area is 122 Å². The van der Waals surface area contributed by atoms with Crippen LogP contribution in [0.4, 0.5) is 0 Å². The highest BCUT2D eigenvalue weighted by Crippen LogP contribution is 2.30. The topological polar surface area (TPSA) is 59.9 Å². The molecule has 21 heavy (non-hydrogen) atoms. The fourth-order valence-electron chi connectivity index (χ4n) is 1.93. The summed E-state index contributed by atoms with van der Waals surface area (Å²) < 4.78 is 11.1. The van der Waals surface area contributed by atoms with Crippen LogP contribution in [0.5, 0.6) is 11.5 Å². The maximum Gasteiger partial charge on any atom is 0.284 e. The predicted octanol–water partition coefficient (Wildman–Crippen LogP) is 1.98. The largest absolute Gasteiger partial charge is 0.485 e. The molecular formula is C16H14N2O3. The number of benzene rings is 2. The molecule has 0 saturated carbocycles.